The number of carbonyl (C=O) groups is 2. The smallest absolute Gasteiger partial charge is 0.287 e. The summed E-state index contributed by atoms with van der Waals surface area (Å²) in [6, 6.07) is 11.0. The van der Waals surface area contributed by atoms with Crippen molar-refractivity contribution in [2.24, 2.45) is 0 Å². The standard InChI is InChI=1S/C16H18N2O3/c1-12-5-2-3-6-13(12)11-15(19)17-8-9-18-16(20)14-7-4-10-21-14/h2-7,10H,8-9,11H2,1H3,(H,17,19)(H,18,20). The van der Waals surface area contributed by atoms with Gasteiger partial charge in [0.2, 0.25) is 5.91 Å². The van der Waals surface area contributed by atoms with E-state index in [0.29, 0.717) is 19.5 Å². The van der Waals surface area contributed by atoms with Crippen LogP contribution < -0.4 is 10.6 Å². The van der Waals surface area contributed by atoms with Crippen LogP contribution in [0.15, 0.2) is 47.1 Å². The lowest BCUT2D eigenvalue weighted by Gasteiger charge is -2.08. The molecule has 21 heavy (non-hydrogen) atoms. The second-order valence-electron chi connectivity index (χ2n) is 4.69. The van der Waals surface area contributed by atoms with Crippen molar-refractivity contribution in [2.75, 3.05) is 13.1 Å². The van der Waals surface area contributed by atoms with E-state index in [4.69, 9.17) is 4.42 Å². The molecule has 0 fully saturated rings. The fourth-order valence-electron chi connectivity index (χ4n) is 1.92. The third-order valence-corrected chi connectivity index (χ3v) is 3.09. The molecule has 2 N–H and O–H groups in total. The monoisotopic (exact) mass is 286 g/mol. The Balaban J connectivity index is 1.68. The molecule has 0 spiro atoms. The Hall–Kier alpha value is -2.56. The average Bonchev–Trinajstić information content (AvgIpc) is 3.00. The van der Waals surface area contributed by atoms with Gasteiger partial charge < -0.3 is 15.1 Å². The van der Waals surface area contributed by atoms with Gasteiger partial charge in [-0.1, -0.05) is 24.3 Å². The average molecular weight is 286 g/mol. The van der Waals surface area contributed by atoms with Gasteiger partial charge in [0.1, 0.15) is 0 Å². The van der Waals surface area contributed by atoms with E-state index >= 15 is 0 Å². The highest BCUT2D eigenvalue weighted by Gasteiger charge is 2.08. The maximum Gasteiger partial charge on any atom is 0.287 e. The van der Waals surface area contributed by atoms with E-state index < -0.39 is 0 Å². The lowest BCUT2D eigenvalue weighted by atomic mass is 10.1. The number of furan rings is 1. The Morgan fingerprint density at radius 3 is 2.52 bits per heavy atom. The van der Waals surface area contributed by atoms with Crippen LogP contribution in [0.3, 0.4) is 0 Å². The van der Waals surface area contributed by atoms with Gasteiger partial charge in [0.15, 0.2) is 5.76 Å². The van der Waals surface area contributed by atoms with Gasteiger partial charge in [-0.25, -0.2) is 0 Å². The summed E-state index contributed by atoms with van der Waals surface area (Å²) < 4.78 is 4.97. The van der Waals surface area contributed by atoms with E-state index in [9.17, 15) is 9.59 Å². The molecule has 1 heterocycles. The molecule has 0 atom stereocenters. The van der Waals surface area contributed by atoms with Gasteiger partial charge in [-0.2, -0.15) is 0 Å². The van der Waals surface area contributed by atoms with Gasteiger partial charge in [-0.05, 0) is 30.2 Å². The van der Waals surface area contributed by atoms with Gasteiger partial charge in [-0.3, -0.25) is 9.59 Å². The van der Waals surface area contributed by atoms with E-state index in [1.807, 2.05) is 31.2 Å². The Kier molecular flexibility index (Phi) is 5.15. The van der Waals surface area contributed by atoms with E-state index in [1.54, 1.807) is 12.1 Å². The minimum atomic E-state index is -0.284. The van der Waals surface area contributed by atoms with Crippen LogP contribution in [0.4, 0.5) is 0 Å². The van der Waals surface area contributed by atoms with Crippen molar-refractivity contribution >= 4 is 11.8 Å². The normalized spacial score (nSPS) is 10.1. The fourth-order valence-corrected chi connectivity index (χ4v) is 1.92. The number of carbonyl (C=O) groups excluding carboxylic acids is 2. The maximum absolute atomic E-state index is 11.8. The Morgan fingerprint density at radius 1 is 1.05 bits per heavy atom. The number of nitrogens with one attached hydrogen (secondary N) is 2. The van der Waals surface area contributed by atoms with E-state index in [-0.39, 0.29) is 17.6 Å². The molecule has 1 aromatic heterocycles. The highest BCUT2D eigenvalue weighted by molar-refractivity contribution is 5.91. The summed E-state index contributed by atoms with van der Waals surface area (Å²) in [5, 5.41) is 5.44. The molecule has 2 amide bonds. The molecule has 5 heteroatoms. The molecule has 0 aliphatic carbocycles. The number of rotatable bonds is 6. The quantitative estimate of drug-likeness (QED) is 0.794. The van der Waals surface area contributed by atoms with Crippen LogP contribution in [0.5, 0.6) is 0 Å². The molecule has 5 nitrogen and oxygen atoms in total. The van der Waals surface area contributed by atoms with Crippen LogP contribution in [-0.2, 0) is 11.2 Å². The molecule has 1 aromatic carbocycles. The van der Waals surface area contributed by atoms with Crippen molar-refractivity contribution in [2.45, 2.75) is 13.3 Å². The zero-order valence-corrected chi connectivity index (χ0v) is 11.9. The molecule has 110 valence electrons. The largest absolute Gasteiger partial charge is 0.459 e. The molecule has 0 radical (unpaired) electrons. The summed E-state index contributed by atoms with van der Waals surface area (Å²) in [4.78, 5) is 23.4. The topological polar surface area (TPSA) is 71.3 Å². The second-order valence-corrected chi connectivity index (χ2v) is 4.69. The SMILES string of the molecule is Cc1ccccc1CC(=O)NCCNC(=O)c1ccco1. The highest BCUT2D eigenvalue weighted by Crippen LogP contribution is 2.07. The molecule has 0 bridgehead atoms. The van der Waals surface area contributed by atoms with Crippen molar-refractivity contribution in [3.8, 4) is 0 Å². The van der Waals surface area contributed by atoms with Crippen molar-refractivity contribution in [3.63, 3.8) is 0 Å². The van der Waals surface area contributed by atoms with Crippen LogP contribution in [-0.4, -0.2) is 24.9 Å². The summed E-state index contributed by atoms with van der Waals surface area (Å²) in [5.74, 6) is -0.0778. The van der Waals surface area contributed by atoms with Gasteiger partial charge >= 0.3 is 0 Å². The number of hydrogen-bond donors (Lipinski definition) is 2. The van der Waals surface area contributed by atoms with Gasteiger partial charge in [0.05, 0.1) is 12.7 Å². The van der Waals surface area contributed by atoms with Gasteiger partial charge in [0, 0.05) is 13.1 Å². The lowest BCUT2D eigenvalue weighted by Crippen LogP contribution is -2.35. The number of amides is 2. The number of aryl methyl sites for hydroxylation is 1. The third-order valence-electron chi connectivity index (χ3n) is 3.09. The van der Waals surface area contributed by atoms with Crippen molar-refractivity contribution in [1.29, 1.82) is 0 Å². The van der Waals surface area contributed by atoms with Crippen LogP contribution in [0.25, 0.3) is 0 Å². The maximum atomic E-state index is 11.8. The van der Waals surface area contributed by atoms with Crippen LogP contribution in [0, 0.1) is 6.92 Å². The summed E-state index contributed by atoms with van der Waals surface area (Å²) in [6.45, 7) is 2.72. The van der Waals surface area contributed by atoms with Crippen molar-refractivity contribution < 1.29 is 14.0 Å². The zero-order valence-electron chi connectivity index (χ0n) is 11.9. The predicted octanol–water partition coefficient (Wildman–Crippen LogP) is 1.68. The Morgan fingerprint density at radius 2 is 1.81 bits per heavy atom. The minimum Gasteiger partial charge on any atom is -0.459 e. The lowest BCUT2D eigenvalue weighted by molar-refractivity contribution is -0.120. The first kappa shape index (κ1) is 14.8. The number of benzene rings is 1. The van der Waals surface area contributed by atoms with E-state index in [1.165, 1.54) is 6.26 Å². The Labute approximate surface area is 123 Å². The van der Waals surface area contributed by atoms with Crippen molar-refractivity contribution in [3.05, 3.63) is 59.5 Å². The third kappa shape index (κ3) is 4.49. The molecular formula is C16H18N2O3. The first-order valence-electron chi connectivity index (χ1n) is 6.79. The molecule has 0 aliphatic heterocycles. The molecule has 0 saturated heterocycles. The van der Waals surface area contributed by atoms with E-state index in [2.05, 4.69) is 10.6 Å². The van der Waals surface area contributed by atoms with E-state index in [0.717, 1.165) is 11.1 Å². The van der Waals surface area contributed by atoms with Crippen molar-refractivity contribution in [1.82, 2.24) is 10.6 Å². The highest BCUT2D eigenvalue weighted by atomic mass is 16.3. The van der Waals surface area contributed by atoms with Crippen LogP contribution in [0.2, 0.25) is 0 Å². The molecular weight excluding hydrogens is 268 g/mol. The predicted molar refractivity (Wildman–Crippen MR) is 78.9 cm³/mol. The summed E-state index contributed by atoms with van der Waals surface area (Å²) >= 11 is 0. The zero-order chi connectivity index (χ0) is 15.1. The molecule has 0 unspecified atom stereocenters. The first-order chi connectivity index (χ1) is 10.2. The van der Waals surface area contributed by atoms with Gasteiger partial charge in [-0.15, -0.1) is 0 Å². The molecule has 2 rings (SSSR count). The summed E-state index contributed by atoms with van der Waals surface area (Å²) in [6.07, 6.45) is 1.79. The minimum absolute atomic E-state index is 0.0588. The van der Waals surface area contributed by atoms with Crippen LogP contribution in [0.1, 0.15) is 21.7 Å². The van der Waals surface area contributed by atoms with Gasteiger partial charge in [0.25, 0.3) is 5.91 Å². The first-order valence-corrected chi connectivity index (χ1v) is 6.79. The molecule has 0 saturated carbocycles. The molecule has 2 aromatic rings. The second kappa shape index (κ2) is 7.28. The van der Waals surface area contributed by atoms with Crippen LogP contribution >= 0.6 is 0 Å². The summed E-state index contributed by atoms with van der Waals surface area (Å²) in [7, 11) is 0. The fraction of sp³-hybridized carbons (Fsp3) is 0.250. The number of hydrogen-bond acceptors (Lipinski definition) is 3. The molecule has 0 aliphatic rings. The Bertz CT molecular complexity index is 606. The summed E-state index contributed by atoms with van der Waals surface area (Å²) in [5.41, 5.74) is 2.10.